The van der Waals surface area contributed by atoms with Gasteiger partial charge in [-0.05, 0) is 57.2 Å². The second kappa shape index (κ2) is 9.22. The maximum atomic E-state index is 3.64. The first-order chi connectivity index (χ1) is 10.3. The van der Waals surface area contributed by atoms with Crippen LogP contribution in [0.5, 0.6) is 0 Å². The van der Waals surface area contributed by atoms with Crippen LogP contribution in [-0.2, 0) is 6.42 Å². The zero-order chi connectivity index (χ0) is 14.9. The summed E-state index contributed by atoms with van der Waals surface area (Å²) in [5.74, 6) is 0.885. The Morgan fingerprint density at radius 1 is 1.19 bits per heavy atom. The molecule has 0 aromatic heterocycles. The van der Waals surface area contributed by atoms with Crippen LogP contribution in [0.3, 0.4) is 0 Å². The van der Waals surface area contributed by atoms with E-state index in [1.807, 2.05) is 0 Å². The normalized spacial score (nSPS) is 18.8. The molecule has 0 aliphatic carbocycles. The van der Waals surface area contributed by atoms with Gasteiger partial charge >= 0.3 is 0 Å². The van der Waals surface area contributed by atoms with E-state index in [2.05, 4.69) is 54.4 Å². The number of nitrogens with zero attached hydrogens (tertiary/aromatic N) is 1. The first-order valence-electron chi connectivity index (χ1n) is 8.77. The van der Waals surface area contributed by atoms with Crippen molar-refractivity contribution in [1.29, 1.82) is 0 Å². The molecule has 0 saturated carbocycles. The van der Waals surface area contributed by atoms with Gasteiger partial charge in [-0.3, -0.25) is 0 Å². The number of hydrogen-bond acceptors (Lipinski definition) is 2. The highest BCUT2D eigenvalue weighted by molar-refractivity contribution is 5.15. The highest BCUT2D eigenvalue weighted by Crippen LogP contribution is 2.21. The molecule has 2 nitrogen and oxygen atoms in total. The van der Waals surface area contributed by atoms with Gasteiger partial charge in [-0.25, -0.2) is 0 Å². The van der Waals surface area contributed by atoms with E-state index in [4.69, 9.17) is 0 Å². The van der Waals surface area contributed by atoms with Crippen LogP contribution in [0, 0.1) is 5.92 Å². The highest BCUT2D eigenvalue weighted by Gasteiger charge is 2.19. The Hall–Kier alpha value is -0.860. The fraction of sp³-hybridized carbons (Fsp3) is 0.684. The molecule has 1 aliphatic heterocycles. The minimum absolute atomic E-state index is 0.672. The van der Waals surface area contributed by atoms with Gasteiger partial charge in [0.2, 0.25) is 0 Å². The van der Waals surface area contributed by atoms with Crippen LogP contribution in [0.2, 0.25) is 0 Å². The van der Waals surface area contributed by atoms with Crippen molar-refractivity contribution >= 4 is 0 Å². The van der Waals surface area contributed by atoms with Crippen LogP contribution < -0.4 is 5.32 Å². The summed E-state index contributed by atoms with van der Waals surface area (Å²) >= 11 is 0. The lowest BCUT2D eigenvalue weighted by Crippen LogP contribution is -2.40. The molecule has 2 heteroatoms. The predicted molar refractivity (Wildman–Crippen MR) is 91.7 cm³/mol. The number of benzene rings is 1. The molecular formula is C19H32N2. The van der Waals surface area contributed by atoms with E-state index in [0.29, 0.717) is 6.04 Å². The van der Waals surface area contributed by atoms with E-state index in [1.165, 1.54) is 57.3 Å². The summed E-state index contributed by atoms with van der Waals surface area (Å²) in [4.78, 5) is 2.63. The highest BCUT2D eigenvalue weighted by atomic mass is 15.1. The van der Waals surface area contributed by atoms with E-state index in [1.54, 1.807) is 0 Å². The van der Waals surface area contributed by atoms with Gasteiger partial charge in [0.05, 0.1) is 0 Å². The minimum atomic E-state index is 0.672. The van der Waals surface area contributed by atoms with Crippen LogP contribution in [0.25, 0.3) is 0 Å². The molecule has 21 heavy (non-hydrogen) atoms. The second-order valence-electron chi connectivity index (χ2n) is 6.62. The number of rotatable bonds is 8. The van der Waals surface area contributed by atoms with Crippen LogP contribution in [0.1, 0.15) is 45.1 Å². The molecular weight excluding hydrogens is 256 g/mol. The standard InChI is InChI=1S/C19H32N2/c1-3-7-17(2)20-12-15-21-13-10-19(11-14-21)16-18-8-5-4-6-9-18/h4-6,8-9,17,19-20H,3,7,10-16H2,1-2H3. The summed E-state index contributed by atoms with van der Waals surface area (Å²) in [7, 11) is 0. The summed E-state index contributed by atoms with van der Waals surface area (Å²) in [5, 5.41) is 3.64. The zero-order valence-electron chi connectivity index (χ0n) is 13.9. The Bertz CT molecular complexity index is 368. The zero-order valence-corrected chi connectivity index (χ0v) is 13.9. The molecule has 1 atom stereocenters. The van der Waals surface area contributed by atoms with E-state index < -0.39 is 0 Å². The predicted octanol–water partition coefficient (Wildman–Crippen LogP) is 3.72. The lowest BCUT2D eigenvalue weighted by atomic mass is 9.90. The fourth-order valence-corrected chi connectivity index (χ4v) is 3.37. The van der Waals surface area contributed by atoms with Gasteiger partial charge < -0.3 is 10.2 Å². The molecule has 0 bridgehead atoms. The van der Waals surface area contributed by atoms with Crippen LogP contribution in [-0.4, -0.2) is 37.1 Å². The molecule has 1 heterocycles. The fourth-order valence-electron chi connectivity index (χ4n) is 3.37. The molecule has 1 N–H and O–H groups in total. The number of piperidine rings is 1. The Kier molecular flexibility index (Phi) is 7.25. The summed E-state index contributed by atoms with van der Waals surface area (Å²) in [5.41, 5.74) is 1.51. The molecule has 0 radical (unpaired) electrons. The van der Waals surface area contributed by atoms with Crippen molar-refractivity contribution in [2.24, 2.45) is 5.92 Å². The first-order valence-corrected chi connectivity index (χ1v) is 8.77. The van der Waals surface area contributed by atoms with Crippen molar-refractivity contribution < 1.29 is 0 Å². The molecule has 1 aliphatic rings. The average molecular weight is 288 g/mol. The Labute approximate surface area is 130 Å². The Morgan fingerprint density at radius 2 is 1.90 bits per heavy atom. The van der Waals surface area contributed by atoms with E-state index in [-0.39, 0.29) is 0 Å². The lowest BCUT2D eigenvalue weighted by Gasteiger charge is -2.32. The van der Waals surface area contributed by atoms with Gasteiger partial charge in [-0.1, -0.05) is 43.7 Å². The van der Waals surface area contributed by atoms with E-state index in [9.17, 15) is 0 Å². The van der Waals surface area contributed by atoms with Gasteiger partial charge in [0.25, 0.3) is 0 Å². The number of nitrogens with one attached hydrogen (secondary N) is 1. The molecule has 1 aromatic rings. The maximum absolute atomic E-state index is 3.64. The Balaban J connectivity index is 1.60. The third-order valence-corrected chi connectivity index (χ3v) is 4.72. The monoisotopic (exact) mass is 288 g/mol. The first kappa shape index (κ1) is 16.5. The summed E-state index contributed by atoms with van der Waals surface area (Å²) in [6, 6.07) is 11.6. The van der Waals surface area contributed by atoms with E-state index in [0.717, 1.165) is 12.5 Å². The lowest BCUT2D eigenvalue weighted by molar-refractivity contribution is 0.183. The van der Waals surface area contributed by atoms with Gasteiger partial charge in [0.15, 0.2) is 0 Å². The summed E-state index contributed by atoms with van der Waals surface area (Å²) < 4.78 is 0. The molecule has 118 valence electrons. The molecule has 0 spiro atoms. The topological polar surface area (TPSA) is 15.3 Å². The maximum Gasteiger partial charge on any atom is 0.0107 e. The molecule has 0 amide bonds. The molecule has 1 saturated heterocycles. The SMILES string of the molecule is CCCC(C)NCCN1CCC(Cc2ccccc2)CC1. The molecule has 1 aromatic carbocycles. The van der Waals surface area contributed by atoms with Crippen molar-refractivity contribution in [3.05, 3.63) is 35.9 Å². The minimum Gasteiger partial charge on any atom is -0.313 e. The van der Waals surface area contributed by atoms with Crippen molar-refractivity contribution in [3.8, 4) is 0 Å². The summed E-state index contributed by atoms with van der Waals surface area (Å²) in [6.07, 6.45) is 6.55. The third kappa shape index (κ3) is 6.19. The molecule has 1 unspecified atom stereocenters. The van der Waals surface area contributed by atoms with Crippen LogP contribution in [0.4, 0.5) is 0 Å². The third-order valence-electron chi connectivity index (χ3n) is 4.72. The van der Waals surface area contributed by atoms with Crippen molar-refractivity contribution in [2.45, 2.75) is 52.0 Å². The number of hydrogen-bond donors (Lipinski definition) is 1. The van der Waals surface area contributed by atoms with Crippen molar-refractivity contribution in [3.63, 3.8) is 0 Å². The quantitative estimate of drug-likeness (QED) is 0.784. The average Bonchev–Trinajstić information content (AvgIpc) is 2.50. The van der Waals surface area contributed by atoms with Gasteiger partial charge in [-0.2, -0.15) is 0 Å². The van der Waals surface area contributed by atoms with Crippen LogP contribution >= 0.6 is 0 Å². The van der Waals surface area contributed by atoms with Gasteiger partial charge in [0.1, 0.15) is 0 Å². The largest absolute Gasteiger partial charge is 0.313 e. The number of likely N-dealkylation sites (tertiary alicyclic amines) is 1. The van der Waals surface area contributed by atoms with Gasteiger partial charge in [0, 0.05) is 19.1 Å². The van der Waals surface area contributed by atoms with Gasteiger partial charge in [-0.15, -0.1) is 0 Å². The molecule has 1 fully saturated rings. The molecule has 2 rings (SSSR count). The second-order valence-corrected chi connectivity index (χ2v) is 6.62. The van der Waals surface area contributed by atoms with Crippen LogP contribution in [0.15, 0.2) is 30.3 Å². The Morgan fingerprint density at radius 3 is 2.57 bits per heavy atom. The summed E-state index contributed by atoms with van der Waals surface area (Å²) in [6.45, 7) is 9.48. The van der Waals surface area contributed by atoms with Crippen molar-refractivity contribution in [1.82, 2.24) is 10.2 Å². The van der Waals surface area contributed by atoms with Crippen molar-refractivity contribution in [2.75, 3.05) is 26.2 Å². The van der Waals surface area contributed by atoms with E-state index >= 15 is 0 Å². The smallest absolute Gasteiger partial charge is 0.0107 e.